The number of rotatable bonds is 2. The first-order chi connectivity index (χ1) is 7.61. The molecule has 88 valence electrons. The zero-order valence-electron chi connectivity index (χ0n) is 10.2. The van der Waals surface area contributed by atoms with Crippen molar-refractivity contribution in [1.82, 2.24) is 14.9 Å². The van der Waals surface area contributed by atoms with Crippen LogP contribution in [0, 0.1) is 0 Å². The molecule has 0 fully saturated rings. The second kappa shape index (κ2) is 4.37. The van der Waals surface area contributed by atoms with Gasteiger partial charge in [0.25, 0.3) is 5.56 Å². The fourth-order valence-corrected chi connectivity index (χ4v) is 2.06. The van der Waals surface area contributed by atoms with E-state index in [1.165, 1.54) is 0 Å². The van der Waals surface area contributed by atoms with Crippen LogP contribution in [-0.2, 0) is 13.0 Å². The first-order valence-electron chi connectivity index (χ1n) is 5.96. The molecule has 0 radical (unpaired) electrons. The molecular formula is C12H19N3O. The zero-order valence-corrected chi connectivity index (χ0v) is 10.2. The molecule has 4 heteroatoms. The Bertz CT molecular complexity index is 436. The summed E-state index contributed by atoms with van der Waals surface area (Å²) in [4.78, 5) is 21.6. The summed E-state index contributed by atoms with van der Waals surface area (Å²) in [5.41, 5.74) is 1.92. The van der Waals surface area contributed by atoms with Crippen molar-refractivity contribution in [2.24, 2.45) is 0 Å². The highest BCUT2D eigenvalue weighted by atomic mass is 16.1. The number of nitrogens with zero attached hydrogens (tertiary/aromatic N) is 2. The third-order valence-electron chi connectivity index (χ3n) is 3.16. The lowest BCUT2D eigenvalue weighted by molar-refractivity contribution is 0.262. The Morgan fingerprint density at radius 2 is 2.25 bits per heavy atom. The van der Waals surface area contributed by atoms with Crippen LogP contribution in [0.15, 0.2) is 4.79 Å². The minimum Gasteiger partial charge on any atom is -0.310 e. The van der Waals surface area contributed by atoms with Gasteiger partial charge in [-0.05, 0) is 13.0 Å². The molecule has 0 spiro atoms. The molecule has 0 bridgehead atoms. The van der Waals surface area contributed by atoms with Crippen LogP contribution in [0.5, 0.6) is 0 Å². The van der Waals surface area contributed by atoms with Gasteiger partial charge in [0.2, 0.25) is 0 Å². The molecule has 4 nitrogen and oxygen atoms in total. The number of H-pyrrole nitrogens is 1. The molecule has 0 aromatic carbocycles. The SMILES string of the molecule is CCN1CCc2c(nc(C(C)C)[nH]c2=O)C1. The minimum atomic E-state index is 0.0597. The van der Waals surface area contributed by atoms with Crippen molar-refractivity contribution in [2.75, 3.05) is 13.1 Å². The van der Waals surface area contributed by atoms with Crippen molar-refractivity contribution in [3.8, 4) is 0 Å². The van der Waals surface area contributed by atoms with E-state index in [0.717, 1.165) is 43.1 Å². The second-order valence-corrected chi connectivity index (χ2v) is 4.65. The molecule has 0 unspecified atom stereocenters. The largest absolute Gasteiger partial charge is 0.310 e. The van der Waals surface area contributed by atoms with E-state index >= 15 is 0 Å². The lowest BCUT2D eigenvalue weighted by Gasteiger charge is -2.26. The summed E-state index contributed by atoms with van der Waals surface area (Å²) in [5.74, 6) is 1.08. The van der Waals surface area contributed by atoms with Crippen molar-refractivity contribution in [1.29, 1.82) is 0 Å². The Hall–Kier alpha value is -1.16. The standard InChI is InChI=1S/C12H19N3O/c1-4-15-6-5-9-10(7-15)13-11(8(2)3)14-12(9)16/h8H,4-7H2,1-3H3,(H,13,14,16). The van der Waals surface area contributed by atoms with Crippen LogP contribution >= 0.6 is 0 Å². The van der Waals surface area contributed by atoms with E-state index in [9.17, 15) is 4.79 Å². The summed E-state index contributed by atoms with van der Waals surface area (Å²) >= 11 is 0. The molecule has 1 aromatic rings. The van der Waals surface area contributed by atoms with E-state index in [4.69, 9.17) is 0 Å². The molecule has 0 aliphatic carbocycles. The van der Waals surface area contributed by atoms with Crippen LogP contribution in [0.2, 0.25) is 0 Å². The number of aromatic nitrogens is 2. The predicted molar refractivity (Wildman–Crippen MR) is 63.6 cm³/mol. The Labute approximate surface area is 95.7 Å². The van der Waals surface area contributed by atoms with Gasteiger partial charge < -0.3 is 4.98 Å². The van der Waals surface area contributed by atoms with Gasteiger partial charge in [-0.15, -0.1) is 0 Å². The minimum absolute atomic E-state index is 0.0597. The van der Waals surface area contributed by atoms with Crippen LogP contribution in [0.1, 0.15) is 43.8 Å². The van der Waals surface area contributed by atoms with Crippen molar-refractivity contribution in [3.63, 3.8) is 0 Å². The predicted octanol–water partition coefficient (Wildman–Crippen LogP) is 1.27. The van der Waals surface area contributed by atoms with E-state index in [-0.39, 0.29) is 11.5 Å². The maximum Gasteiger partial charge on any atom is 0.254 e. The van der Waals surface area contributed by atoms with Gasteiger partial charge in [0.15, 0.2) is 0 Å². The van der Waals surface area contributed by atoms with E-state index in [1.54, 1.807) is 0 Å². The number of nitrogens with one attached hydrogen (secondary N) is 1. The molecule has 1 N–H and O–H groups in total. The fraction of sp³-hybridized carbons (Fsp3) is 0.667. The van der Waals surface area contributed by atoms with Crippen LogP contribution in [-0.4, -0.2) is 28.0 Å². The summed E-state index contributed by atoms with van der Waals surface area (Å²) in [6, 6.07) is 0. The van der Waals surface area contributed by atoms with Crippen molar-refractivity contribution in [3.05, 3.63) is 27.4 Å². The topological polar surface area (TPSA) is 49.0 Å². The zero-order chi connectivity index (χ0) is 11.7. The van der Waals surface area contributed by atoms with E-state index < -0.39 is 0 Å². The van der Waals surface area contributed by atoms with Gasteiger partial charge in [-0.1, -0.05) is 20.8 Å². The van der Waals surface area contributed by atoms with Crippen LogP contribution in [0.25, 0.3) is 0 Å². The van der Waals surface area contributed by atoms with Gasteiger partial charge in [-0.25, -0.2) is 4.98 Å². The average molecular weight is 221 g/mol. The second-order valence-electron chi connectivity index (χ2n) is 4.65. The Morgan fingerprint density at radius 3 is 2.88 bits per heavy atom. The van der Waals surface area contributed by atoms with Crippen molar-refractivity contribution < 1.29 is 0 Å². The van der Waals surface area contributed by atoms with Gasteiger partial charge in [-0.2, -0.15) is 0 Å². The molecular weight excluding hydrogens is 202 g/mol. The summed E-state index contributed by atoms with van der Waals surface area (Å²) in [6.45, 7) is 9.04. The fourth-order valence-electron chi connectivity index (χ4n) is 2.06. The molecule has 0 atom stereocenters. The molecule has 0 amide bonds. The van der Waals surface area contributed by atoms with Gasteiger partial charge in [0, 0.05) is 24.6 Å². The molecule has 1 aliphatic rings. The van der Waals surface area contributed by atoms with Crippen LogP contribution in [0.3, 0.4) is 0 Å². The molecule has 1 aromatic heterocycles. The lowest BCUT2D eigenvalue weighted by atomic mass is 10.1. The quantitative estimate of drug-likeness (QED) is 0.818. The maximum absolute atomic E-state index is 11.9. The Balaban J connectivity index is 2.41. The Morgan fingerprint density at radius 1 is 1.50 bits per heavy atom. The third kappa shape index (κ3) is 2.02. The van der Waals surface area contributed by atoms with E-state index in [1.807, 2.05) is 13.8 Å². The highest BCUT2D eigenvalue weighted by molar-refractivity contribution is 5.21. The molecule has 16 heavy (non-hydrogen) atoms. The van der Waals surface area contributed by atoms with Gasteiger partial charge in [0.1, 0.15) is 5.82 Å². The first-order valence-corrected chi connectivity index (χ1v) is 5.96. The summed E-state index contributed by atoms with van der Waals surface area (Å²) in [7, 11) is 0. The lowest BCUT2D eigenvalue weighted by Crippen LogP contribution is -2.35. The highest BCUT2D eigenvalue weighted by Gasteiger charge is 2.20. The van der Waals surface area contributed by atoms with Gasteiger partial charge in [-0.3, -0.25) is 9.69 Å². The van der Waals surface area contributed by atoms with E-state index in [0.29, 0.717) is 0 Å². The molecule has 2 heterocycles. The highest BCUT2D eigenvalue weighted by Crippen LogP contribution is 2.15. The third-order valence-corrected chi connectivity index (χ3v) is 3.16. The normalized spacial score (nSPS) is 16.5. The number of fused-ring (bicyclic) bond motifs is 1. The summed E-state index contributed by atoms with van der Waals surface area (Å²) in [5, 5.41) is 0. The van der Waals surface area contributed by atoms with Gasteiger partial charge in [0.05, 0.1) is 5.69 Å². The number of likely N-dealkylation sites (N-methyl/N-ethyl adjacent to an activating group) is 1. The van der Waals surface area contributed by atoms with Crippen molar-refractivity contribution >= 4 is 0 Å². The van der Waals surface area contributed by atoms with Crippen LogP contribution in [0.4, 0.5) is 0 Å². The van der Waals surface area contributed by atoms with Crippen molar-refractivity contribution in [2.45, 2.75) is 39.7 Å². The molecule has 2 rings (SSSR count). The first kappa shape index (κ1) is 11.3. The monoisotopic (exact) mass is 221 g/mol. The van der Waals surface area contributed by atoms with Gasteiger partial charge >= 0.3 is 0 Å². The molecule has 1 aliphatic heterocycles. The molecule has 0 saturated carbocycles. The number of aromatic amines is 1. The van der Waals surface area contributed by atoms with Crippen LogP contribution < -0.4 is 5.56 Å². The average Bonchev–Trinajstić information content (AvgIpc) is 2.28. The smallest absolute Gasteiger partial charge is 0.254 e. The Kier molecular flexibility index (Phi) is 3.10. The number of hydrogen-bond donors (Lipinski definition) is 1. The maximum atomic E-state index is 11.9. The summed E-state index contributed by atoms with van der Waals surface area (Å²) in [6.07, 6.45) is 0.823. The molecule has 0 saturated heterocycles. The summed E-state index contributed by atoms with van der Waals surface area (Å²) < 4.78 is 0. The number of hydrogen-bond acceptors (Lipinski definition) is 3. The van der Waals surface area contributed by atoms with E-state index in [2.05, 4.69) is 21.8 Å².